The molecule has 0 aliphatic heterocycles. The van der Waals surface area contributed by atoms with E-state index in [2.05, 4.69) is 6.07 Å². The molecule has 6 nitrogen and oxygen atoms in total. The Hall–Kier alpha value is -2.61. The van der Waals surface area contributed by atoms with E-state index in [1.54, 1.807) is 24.7 Å². The molecular formula is C25H35NO5S. The molecule has 0 amide bonds. The molecule has 0 aliphatic carbocycles. The normalized spacial score (nSPS) is 11.8. The second-order valence-electron chi connectivity index (χ2n) is 7.12. The van der Waals surface area contributed by atoms with Gasteiger partial charge in [-0.15, -0.1) is 0 Å². The van der Waals surface area contributed by atoms with Crippen LogP contribution < -0.4 is 10.3 Å². The summed E-state index contributed by atoms with van der Waals surface area (Å²) in [4.78, 5) is 24.5. The number of nitrogens with zero attached hydrogens (tertiary/aromatic N) is 1. The van der Waals surface area contributed by atoms with Gasteiger partial charge in [0.15, 0.2) is 0 Å². The largest absolute Gasteiger partial charge is 0.497 e. The molecule has 0 bridgehead atoms. The molecule has 0 radical (unpaired) electrons. The summed E-state index contributed by atoms with van der Waals surface area (Å²) in [5, 5.41) is 2.19. The molecule has 4 N–H and O–H groups in total. The number of carbonyl (C=O) groups excluding carboxylic acids is 1. The van der Waals surface area contributed by atoms with E-state index >= 15 is 0 Å². The molecule has 0 aliphatic rings. The summed E-state index contributed by atoms with van der Waals surface area (Å²) in [6.45, 7) is 8.06. The lowest BCUT2D eigenvalue weighted by Gasteiger charge is -2.24. The van der Waals surface area contributed by atoms with Crippen molar-refractivity contribution in [2.24, 2.45) is 0 Å². The Balaban J connectivity index is 0.00000234. The SMILES string of the molecule is CC.COc1ccc2cc(-c3ccn(CCC(C)(SC)C(C)=O)c(=O)c3)ccc2c1.O.O. The summed E-state index contributed by atoms with van der Waals surface area (Å²) in [5.41, 5.74) is 1.83. The molecule has 0 fully saturated rings. The number of ketones is 1. The maximum Gasteiger partial charge on any atom is 0.251 e. The maximum atomic E-state index is 12.6. The van der Waals surface area contributed by atoms with Crippen LogP contribution in [0.3, 0.4) is 0 Å². The Labute approximate surface area is 194 Å². The van der Waals surface area contributed by atoms with Gasteiger partial charge in [0.05, 0.1) is 11.9 Å². The number of rotatable bonds is 7. The summed E-state index contributed by atoms with van der Waals surface area (Å²) in [6.07, 6.45) is 4.37. The molecule has 7 heteroatoms. The average Bonchev–Trinajstić information content (AvgIpc) is 2.78. The maximum absolute atomic E-state index is 12.6. The molecule has 3 rings (SSSR count). The van der Waals surface area contributed by atoms with E-state index in [4.69, 9.17) is 4.74 Å². The molecule has 1 atom stereocenters. The topological polar surface area (TPSA) is 111 Å². The van der Waals surface area contributed by atoms with Crippen LogP contribution in [0.5, 0.6) is 5.75 Å². The summed E-state index contributed by atoms with van der Waals surface area (Å²) in [5.74, 6) is 0.961. The van der Waals surface area contributed by atoms with Gasteiger partial charge in [-0.3, -0.25) is 9.59 Å². The first kappa shape index (κ1) is 29.4. The monoisotopic (exact) mass is 461 g/mol. The number of aromatic nitrogens is 1. The van der Waals surface area contributed by atoms with Gasteiger partial charge >= 0.3 is 0 Å². The predicted molar refractivity (Wildman–Crippen MR) is 136 cm³/mol. The quantitative estimate of drug-likeness (QED) is 0.526. The Bertz CT molecular complexity index is 1080. The Morgan fingerprint density at radius 2 is 1.59 bits per heavy atom. The van der Waals surface area contributed by atoms with Gasteiger partial charge in [-0.1, -0.05) is 32.0 Å². The lowest BCUT2D eigenvalue weighted by atomic mass is 10.0. The van der Waals surface area contributed by atoms with Crippen molar-refractivity contribution < 1.29 is 20.5 Å². The highest BCUT2D eigenvalue weighted by molar-refractivity contribution is 8.00. The number of pyridine rings is 1. The average molecular weight is 462 g/mol. The van der Waals surface area contributed by atoms with Crippen LogP contribution in [0.4, 0.5) is 0 Å². The van der Waals surface area contributed by atoms with E-state index in [0.29, 0.717) is 13.0 Å². The number of ether oxygens (including phenoxy) is 1. The number of hydrogen-bond donors (Lipinski definition) is 0. The Morgan fingerprint density at radius 1 is 1.00 bits per heavy atom. The third-order valence-corrected chi connectivity index (χ3v) is 6.79. The van der Waals surface area contributed by atoms with Crippen LogP contribution in [0, 0.1) is 0 Å². The second-order valence-corrected chi connectivity index (χ2v) is 8.43. The number of benzene rings is 2. The number of aryl methyl sites for hydroxylation is 1. The van der Waals surface area contributed by atoms with Crippen LogP contribution in [0.1, 0.15) is 34.1 Å². The van der Waals surface area contributed by atoms with E-state index in [1.165, 1.54) is 11.8 Å². The van der Waals surface area contributed by atoms with Gasteiger partial charge in [-0.05, 0) is 72.7 Å². The van der Waals surface area contributed by atoms with E-state index in [1.807, 2.05) is 69.6 Å². The predicted octanol–water partition coefficient (Wildman–Crippen LogP) is 4.15. The van der Waals surface area contributed by atoms with Gasteiger partial charge in [0.1, 0.15) is 11.5 Å². The molecule has 2 aromatic carbocycles. The number of carbonyl (C=O) groups is 1. The zero-order chi connectivity index (χ0) is 22.3. The second kappa shape index (κ2) is 13.1. The summed E-state index contributed by atoms with van der Waals surface area (Å²) in [6, 6.07) is 15.7. The Kier molecular flexibility index (Phi) is 12.0. The standard InChI is InChI=1S/C23H25NO3S.C2H6.2H2O/c1-16(25)23(2,28-4)10-12-24-11-9-20(15-22(24)26)17-5-6-19-14-21(27-3)8-7-18(19)13-17;1-2;;/h5-9,11,13-15H,10,12H2,1-4H3;1-2H3;2*1H2. The summed E-state index contributed by atoms with van der Waals surface area (Å²) in [7, 11) is 1.66. The Morgan fingerprint density at radius 3 is 2.16 bits per heavy atom. The molecule has 0 saturated carbocycles. The summed E-state index contributed by atoms with van der Waals surface area (Å²) < 4.78 is 6.48. The zero-order valence-corrected chi connectivity index (χ0v) is 20.5. The van der Waals surface area contributed by atoms with Gasteiger partial charge in [0, 0.05) is 18.8 Å². The van der Waals surface area contributed by atoms with Crippen molar-refractivity contribution in [1.82, 2.24) is 4.57 Å². The van der Waals surface area contributed by atoms with Gasteiger partial charge in [-0.2, -0.15) is 11.8 Å². The molecule has 32 heavy (non-hydrogen) atoms. The minimum absolute atomic E-state index is 0. The van der Waals surface area contributed by atoms with Crippen molar-refractivity contribution in [3.8, 4) is 16.9 Å². The number of methoxy groups -OCH3 is 1. The van der Waals surface area contributed by atoms with Crippen LogP contribution in [0.25, 0.3) is 21.9 Å². The van der Waals surface area contributed by atoms with Crippen molar-refractivity contribution >= 4 is 28.3 Å². The van der Waals surface area contributed by atoms with Crippen molar-refractivity contribution in [1.29, 1.82) is 0 Å². The number of Topliss-reactive ketones (excluding diaryl/α,β-unsaturated/α-hetero) is 1. The van der Waals surface area contributed by atoms with Crippen LogP contribution >= 0.6 is 11.8 Å². The van der Waals surface area contributed by atoms with Crippen molar-refractivity contribution in [2.45, 2.75) is 45.4 Å². The van der Waals surface area contributed by atoms with Crippen LogP contribution in [-0.2, 0) is 11.3 Å². The van der Waals surface area contributed by atoms with Crippen LogP contribution in [0.15, 0.2) is 59.5 Å². The van der Waals surface area contributed by atoms with E-state index in [9.17, 15) is 9.59 Å². The number of thioether (sulfide) groups is 1. The molecule has 0 spiro atoms. The fourth-order valence-electron chi connectivity index (χ4n) is 3.16. The third-order valence-electron chi connectivity index (χ3n) is 5.40. The first-order valence-electron chi connectivity index (χ1n) is 10.2. The van der Waals surface area contributed by atoms with Gasteiger partial charge in [0.2, 0.25) is 0 Å². The smallest absolute Gasteiger partial charge is 0.251 e. The molecule has 176 valence electrons. The lowest BCUT2D eigenvalue weighted by molar-refractivity contribution is -0.119. The highest BCUT2D eigenvalue weighted by Gasteiger charge is 2.28. The van der Waals surface area contributed by atoms with E-state index in [-0.39, 0.29) is 22.3 Å². The molecular weight excluding hydrogens is 426 g/mol. The molecule has 1 heterocycles. The highest BCUT2D eigenvalue weighted by atomic mass is 32.2. The lowest BCUT2D eigenvalue weighted by Crippen LogP contribution is -2.32. The zero-order valence-electron chi connectivity index (χ0n) is 19.7. The number of hydrogen-bond acceptors (Lipinski definition) is 4. The van der Waals surface area contributed by atoms with Crippen LogP contribution in [-0.4, -0.2) is 39.4 Å². The van der Waals surface area contributed by atoms with Crippen molar-refractivity contribution in [3.05, 3.63) is 65.1 Å². The van der Waals surface area contributed by atoms with Crippen LogP contribution in [0.2, 0.25) is 0 Å². The highest BCUT2D eigenvalue weighted by Crippen LogP contribution is 2.28. The summed E-state index contributed by atoms with van der Waals surface area (Å²) >= 11 is 1.54. The van der Waals surface area contributed by atoms with Gasteiger partial charge < -0.3 is 20.3 Å². The minimum Gasteiger partial charge on any atom is -0.497 e. The fourth-order valence-corrected chi connectivity index (χ4v) is 3.74. The van der Waals surface area contributed by atoms with Crippen molar-refractivity contribution in [2.75, 3.05) is 13.4 Å². The first-order chi connectivity index (χ1) is 14.4. The van der Waals surface area contributed by atoms with Gasteiger partial charge in [0.25, 0.3) is 5.56 Å². The molecule has 1 aromatic heterocycles. The fraction of sp³-hybridized carbons (Fsp3) is 0.360. The minimum atomic E-state index is -0.461. The third kappa shape index (κ3) is 6.69. The molecule has 0 saturated heterocycles. The van der Waals surface area contributed by atoms with E-state index < -0.39 is 4.75 Å². The molecule has 3 aromatic rings. The number of fused-ring (bicyclic) bond motifs is 1. The van der Waals surface area contributed by atoms with E-state index in [0.717, 1.165) is 27.6 Å². The van der Waals surface area contributed by atoms with Crippen molar-refractivity contribution in [3.63, 3.8) is 0 Å². The first-order valence-corrected chi connectivity index (χ1v) is 11.4. The van der Waals surface area contributed by atoms with Gasteiger partial charge in [-0.25, -0.2) is 0 Å². The molecule has 1 unspecified atom stereocenters.